The van der Waals surface area contributed by atoms with Gasteiger partial charge in [-0.2, -0.15) is 0 Å². The van der Waals surface area contributed by atoms with Gasteiger partial charge in [-0.3, -0.25) is 4.79 Å². The lowest BCUT2D eigenvalue weighted by Crippen LogP contribution is -2.43. The molecule has 1 aromatic rings. The highest BCUT2D eigenvalue weighted by Crippen LogP contribution is 2.12. The zero-order chi connectivity index (χ0) is 14.4. The molecule has 112 valence electrons. The van der Waals surface area contributed by atoms with E-state index in [4.69, 9.17) is 9.15 Å². The number of aliphatic hydroxyl groups is 1. The molecule has 1 saturated heterocycles. The Morgan fingerprint density at radius 3 is 2.90 bits per heavy atom. The topological polar surface area (TPSA) is 74.9 Å². The average molecular weight is 282 g/mol. The fraction of sp³-hybridized carbons (Fsp3) is 0.643. The van der Waals surface area contributed by atoms with Crippen LogP contribution in [-0.2, 0) is 9.53 Å². The molecular weight excluding hydrogens is 260 g/mol. The van der Waals surface area contributed by atoms with Gasteiger partial charge in [0.1, 0.15) is 11.9 Å². The molecule has 2 N–H and O–H groups in total. The minimum absolute atomic E-state index is 0.00922. The van der Waals surface area contributed by atoms with Gasteiger partial charge in [-0.25, -0.2) is 0 Å². The number of nitrogens with zero attached hydrogens (tertiary/aromatic N) is 1. The highest BCUT2D eigenvalue weighted by molar-refractivity contribution is 5.76. The number of ether oxygens (including phenoxy) is 1. The van der Waals surface area contributed by atoms with Crippen LogP contribution in [0.5, 0.6) is 0 Å². The number of aliphatic hydroxyl groups excluding tert-OH is 1. The Hall–Kier alpha value is -1.37. The van der Waals surface area contributed by atoms with Crippen molar-refractivity contribution in [2.75, 3.05) is 32.8 Å². The van der Waals surface area contributed by atoms with Gasteiger partial charge >= 0.3 is 0 Å². The molecule has 1 amide bonds. The van der Waals surface area contributed by atoms with Gasteiger partial charge in [-0.1, -0.05) is 0 Å². The molecule has 1 aromatic heterocycles. The van der Waals surface area contributed by atoms with E-state index in [0.717, 1.165) is 0 Å². The first-order valence-electron chi connectivity index (χ1n) is 6.97. The van der Waals surface area contributed by atoms with Crippen LogP contribution in [0.25, 0.3) is 0 Å². The minimum atomic E-state index is -0.689. The van der Waals surface area contributed by atoms with E-state index in [-0.39, 0.29) is 11.9 Å². The number of rotatable bonds is 6. The lowest BCUT2D eigenvalue weighted by Gasteiger charge is -2.28. The van der Waals surface area contributed by atoms with E-state index in [1.807, 2.05) is 11.8 Å². The Balaban J connectivity index is 1.69. The number of carbonyl (C=O) groups is 1. The molecule has 0 radical (unpaired) electrons. The lowest BCUT2D eigenvalue weighted by atomic mass is 10.2. The maximum absolute atomic E-state index is 12.0. The molecule has 2 heterocycles. The van der Waals surface area contributed by atoms with Crippen molar-refractivity contribution in [1.29, 1.82) is 0 Å². The highest BCUT2D eigenvalue weighted by Gasteiger charge is 2.19. The van der Waals surface area contributed by atoms with Crippen molar-refractivity contribution in [3.8, 4) is 0 Å². The smallest absolute Gasteiger partial charge is 0.224 e. The van der Waals surface area contributed by atoms with Gasteiger partial charge in [0.05, 0.1) is 19.5 Å². The number of amides is 1. The lowest BCUT2D eigenvalue weighted by molar-refractivity contribution is -0.135. The quantitative estimate of drug-likeness (QED) is 0.796. The molecule has 0 aromatic carbocycles. The molecule has 1 aliphatic heterocycles. The van der Waals surface area contributed by atoms with Crippen molar-refractivity contribution in [2.45, 2.75) is 25.5 Å². The predicted molar refractivity (Wildman–Crippen MR) is 73.1 cm³/mol. The number of carbonyl (C=O) groups excluding carboxylic acids is 1. The summed E-state index contributed by atoms with van der Waals surface area (Å²) in [6, 6.07) is 3.48. The molecule has 2 unspecified atom stereocenters. The van der Waals surface area contributed by atoms with Crippen molar-refractivity contribution >= 4 is 5.91 Å². The molecule has 2 atom stereocenters. The molecule has 6 nitrogen and oxygen atoms in total. The normalized spacial score (nSPS) is 18.8. The van der Waals surface area contributed by atoms with Crippen molar-refractivity contribution in [3.05, 3.63) is 24.2 Å². The molecule has 0 bridgehead atoms. The molecular formula is C14H22N2O4. The first-order chi connectivity index (χ1) is 9.66. The number of hydrogen-bond donors (Lipinski definition) is 2. The zero-order valence-corrected chi connectivity index (χ0v) is 11.7. The second-order valence-corrected chi connectivity index (χ2v) is 5.04. The summed E-state index contributed by atoms with van der Waals surface area (Å²) in [4.78, 5) is 13.9. The molecule has 20 heavy (non-hydrogen) atoms. The first-order valence-corrected chi connectivity index (χ1v) is 6.97. The van der Waals surface area contributed by atoms with Crippen LogP contribution in [0.4, 0.5) is 0 Å². The summed E-state index contributed by atoms with van der Waals surface area (Å²) >= 11 is 0. The summed E-state index contributed by atoms with van der Waals surface area (Å²) in [5.74, 6) is 0.657. The minimum Gasteiger partial charge on any atom is -0.467 e. The SMILES string of the molecule is CC(CC(=O)N1CCOCC1)NCC(O)c1ccco1. The van der Waals surface area contributed by atoms with Gasteiger partial charge < -0.3 is 24.5 Å². The molecule has 0 saturated carbocycles. The molecule has 0 aliphatic carbocycles. The van der Waals surface area contributed by atoms with Crippen LogP contribution in [-0.4, -0.2) is 54.8 Å². The molecule has 1 aliphatic rings. The van der Waals surface area contributed by atoms with E-state index in [0.29, 0.717) is 45.0 Å². The number of morpholine rings is 1. The van der Waals surface area contributed by atoms with Gasteiger partial charge in [0.2, 0.25) is 5.91 Å². The average Bonchev–Trinajstić information content (AvgIpc) is 3.00. The second-order valence-electron chi connectivity index (χ2n) is 5.04. The Morgan fingerprint density at radius 1 is 1.50 bits per heavy atom. The maximum Gasteiger partial charge on any atom is 0.224 e. The number of furan rings is 1. The van der Waals surface area contributed by atoms with E-state index in [1.165, 1.54) is 6.26 Å². The summed E-state index contributed by atoms with van der Waals surface area (Å²) < 4.78 is 10.3. The summed E-state index contributed by atoms with van der Waals surface area (Å²) in [5, 5.41) is 13.0. The Labute approximate surface area is 118 Å². The van der Waals surface area contributed by atoms with Crippen LogP contribution in [0.3, 0.4) is 0 Å². The van der Waals surface area contributed by atoms with E-state index < -0.39 is 6.10 Å². The third-order valence-electron chi connectivity index (χ3n) is 3.38. The van der Waals surface area contributed by atoms with Crippen molar-refractivity contribution in [3.63, 3.8) is 0 Å². The monoisotopic (exact) mass is 282 g/mol. The van der Waals surface area contributed by atoms with Crippen LogP contribution >= 0.6 is 0 Å². The Bertz CT molecular complexity index is 401. The van der Waals surface area contributed by atoms with Gasteiger partial charge in [-0.15, -0.1) is 0 Å². The van der Waals surface area contributed by atoms with Crippen LogP contribution in [0, 0.1) is 0 Å². The third-order valence-corrected chi connectivity index (χ3v) is 3.38. The first kappa shape index (κ1) is 15.0. The number of hydrogen-bond acceptors (Lipinski definition) is 5. The van der Waals surface area contributed by atoms with Gasteiger partial charge in [-0.05, 0) is 19.1 Å². The van der Waals surface area contributed by atoms with Crippen LogP contribution < -0.4 is 5.32 Å². The predicted octanol–water partition coefficient (Wildman–Crippen LogP) is 0.540. The van der Waals surface area contributed by atoms with E-state index in [9.17, 15) is 9.90 Å². The van der Waals surface area contributed by atoms with Gasteiger partial charge in [0.15, 0.2) is 0 Å². The van der Waals surface area contributed by atoms with Gasteiger partial charge in [0, 0.05) is 32.1 Å². The van der Waals surface area contributed by atoms with Crippen LogP contribution in [0.15, 0.2) is 22.8 Å². The van der Waals surface area contributed by atoms with Crippen LogP contribution in [0.2, 0.25) is 0 Å². The zero-order valence-electron chi connectivity index (χ0n) is 11.7. The van der Waals surface area contributed by atoms with Crippen molar-refractivity contribution in [2.24, 2.45) is 0 Å². The van der Waals surface area contributed by atoms with E-state index in [2.05, 4.69) is 5.32 Å². The molecule has 6 heteroatoms. The molecule has 2 rings (SSSR count). The summed E-state index contributed by atoms with van der Waals surface area (Å²) in [6.45, 7) is 4.87. The largest absolute Gasteiger partial charge is 0.467 e. The summed E-state index contributed by atoms with van der Waals surface area (Å²) in [5.41, 5.74) is 0. The van der Waals surface area contributed by atoms with Crippen LogP contribution in [0.1, 0.15) is 25.2 Å². The summed E-state index contributed by atoms with van der Waals surface area (Å²) in [6.07, 6.45) is 1.26. The molecule has 0 spiro atoms. The second kappa shape index (κ2) is 7.42. The van der Waals surface area contributed by atoms with Crippen molar-refractivity contribution in [1.82, 2.24) is 10.2 Å². The Kier molecular flexibility index (Phi) is 5.58. The standard InChI is InChI=1S/C14H22N2O4/c1-11(9-14(18)16-4-7-19-8-5-16)15-10-12(17)13-3-2-6-20-13/h2-3,6,11-12,15,17H,4-5,7-10H2,1H3. The fourth-order valence-corrected chi connectivity index (χ4v) is 2.17. The van der Waals surface area contributed by atoms with Gasteiger partial charge in [0.25, 0.3) is 0 Å². The third kappa shape index (κ3) is 4.33. The van der Waals surface area contributed by atoms with E-state index >= 15 is 0 Å². The number of nitrogens with one attached hydrogen (secondary N) is 1. The maximum atomic E-state index is 12.0. The van der Waals surface area contributed by atoms with E-state index in [1.54, 1.807) is 12.1 Å². The highest BCUT2D eigenvalue weighted by atomic mass is 16.5. The van der Waals surface area contributed by atoms with Crippen molar-refractivity contribution < 1.29 is 19.1 Å². The fourth-order valence-electron chi connectivity index (χ4n) is 2.17. The molecule has 1 fully saturated rings. The Morgan fingerprint density at radius 2 is 2.25 bits per heavy atom. The summed E-state index contributed by atoms with van der Waals surface area (Å²) in [7, 11) is 0.